The second-order valence-corrected chi connectivity index (χ2v) is 9.19. The van der Waals surface area contributed by atoms with E-state index in [4.69, 9.17) is 10.8 Å². The summed E-state index contributed by atoms with van der Waals surface area (Å²) in [4.78, 5) is 27.0. The number of unbranched alkanes of at least 4 members (excludes halogenated alkanes) is 1. The van der Waals surface area contributed by atoms with Gasteiger partial charge in [0.2, 0.25) is 0 Å². The van der Waals surface area contributed by atoms with Crippen molar-refractivity contribution in [1.29, 1.82) is 0 Å². The van der Waals surface area contributed by atoms with Crippen LogP contribution in [-0.2, 0) is 6.42 Å². The number of nitrogens with zero attached hydrogens (tertiary/aromatic N) is 6. The van der Waals surface area contributed by atoms with Crippen LogP contribution >= 0.6 is 0 Å². The average Bonchev–Trinajstić information content (AvgIpc) is 3.40. The fourth-order valence-corrected chi connectivity index (χ4v) is 5.11. The number of hydrogen-bond acceptors (Lipinski definition) is 6. The van der Waals surface area contributed by atoms with Gasteiger partial charge in [0.25, 0.3) is 5.56 Å². The molecule has 6 rings (SSSR count). The lowest BCUT2D eigenvalue weighted by atomic mass is 10.2. The first-order chi connectivity index (χ1) is 17.2. The number of hydrogen-bond donors (Lipinski definition) is 1. The van der Waals surface area contributed by atoms with E-state index in [-0.39, 0.29) is 5.56 Å². The Labute approximate surface area is 203 Å². The molecule has 5 aromatic rings. The second-order valence-electron chi connectivity index (χ2n) is 9.19. The summed E-state index contributed by atoms with van der Waals surface area (Å²) in [6.07, 6.45) is 4.80. The molecule has 2 aromatic carbocycles. The van der Waals surface area contributed by atoms with Crippen LogP contribution in [0.3, 0.4) is 0 Å². The molecule has 0 unspecified atom stereocenters. The average molecular weight is 468 g/mol. The normalized spacial score (nSPS) is 14.9. The molecule has 0 bridgehead atoms. The minimum absolute atomic E-state index is 0.180. The van der Waals surface area contributed by atoms with Crippen molar-refractivity contribution in [3.63, 3.8) is 0 Å². The molecule has 0 amide bonds. The molecule has 8 nitrogen and oxygen atoms in total. The molecule has 0 spiro atoms. The zero-order valence-corrected chi connectivity index (χ0v) is 19.7. The van der Waals surface area contributed by atoms with Gasteiger partial charge in [-0.15, -0.1) is 0 Å². The van der Waals surface area contributed by atoms with E-state index in [9.17, 15) is 4.79 Å². The van der Waals surface area contributed by atoms with E-state index < -0.39 is 0 Å². The Morgan fingerprint density at radius 2 is 1.54 bits per heavy atom. The van der Waals surface area contributed by atoms with E-state index in [1.807, 2.05) is 24.3 Å². The summed E-state index contributed by atoms with van der Waals surface area (Å²) < 4.78 is 3.45. The Morgan fingerprint density at radius 3 is 2.40 bits per heavy atom. The Balaban J connectivity index is 1.06. The first kappa shape index (κ1) is 21.6. The van der Waals surface area contributed by atoms with E-state index in [1.165, 1.54) is 4.68 Å². The van der Waals surface area contributed by atoms with E-state index >= 15 is 0 Å². The molecule has 1 aliphatic heterocycles. The first-order valence-electron chi connectivity index (χ1n) is 12.3. The van der Waals surface area contributed by atoms with Crippen molar-refractivity contribution in [2.75, 3.05) is 43.5 Å². The zero-order valence-electron chi connectivity index (χ0n) is 19.7. The molecule has 35 heavy (non-hydrogen) atoms. The van der Waals surface area contributed by atoms with Crippen molar-refractivity contribution >= 4 is 33.3 Å². The molecule has 1 fully saturated rings. The molecule has 178 valence electrons. The van der Waals surface area contributed by atoms with E-state index in [0.29, 0.717) is 23.1 Å². The molecule has 0 saturated carbocycles. The fraction of sp³-hybridized carbons (Fsp3) is 0.296. The number of para-hydroxylation sites is 3. The quantitative estimate of drug-likeness (QED) is 0.305. The number of anilines is 1. The van der Waals surface area contributed by atoms with Crippen LogP contribution in [0.2, 0.25) is 0 Å². The van der Waals surface area contributed by atoms with Gasteiger partial charge in [-0.3, -0.25) is 9.69 Å². The topological polar surface area (TPSA) is 84.7 Å². The molecular formula is C27H29N7O. The Morgan fingerprint density at radius 1 is 0.800 bits per heavy atom. The Hall–Kier alpha value is -3.91. The van der Waals surface area contributed by atoms with E-state index in [0.717, 1.165) is 67.9 Å². The number of piperazine rings is 1. The predicted octanol–water partition coefficient (Wildman–Crippen LogP) is 3.06. The highest BCUT2D eigenvalue weighted by molar-refractivity contribution is 5.85. The summed E-state index contributed by atoms with van der Waals surface area (Å²) in [7, 11) is 0. The van der Waals surface area contributed by atoms with Gasteiger partial charge in [-0.1, -0.05) is 24.3 Å². The number of fused-ring (bicyclic) bond motifs is 4. The maximum absolute atomic E-state index is 12.5. The molecule has 3 aromatic heterocycles. The molecule has 4 heterocycles. The standard InChI is InChI=1S/C27H29N7O/c28-34-25(29-21-9-2-1-8-20(21)27(34)35)13-5-6-14-31-16-18-32(19-17-31)26-24-12-7-15-33(24)23-11-4-3-10-22(23)30-26/h1-4,7-12,15H,5-6,13-14,16-19,28H2. The van der Waals surface area contributed by atoms with Gasteiger partial charge in [0.15, 0.2) is 5.82 Å². The largest absolute Gasteiger partial charge is 0.352 e. The van der Waals surface area contributed by atoms with Crippen LogP contribution < -0.4 is 16.3 Å². The van der Waals surface area contributed by atoms with Gasteiger partial charge in [0, 0.05) is 38.8 Å². The van der Waals surface area contributed by atoms with Gasteiger partial charge in [-0.05, 0) is 55.8 Å². The highest BCUT2D eigenvalue weighted by Gasteiger charge is 2.21. The highest BCUT2D eigenvalue weighted by atomic mass is 16.1. The number of nitrogens with two attached hydrogens (primary N) is 1. The number of nitrogen functional groups attached to an aromatic ring is 1. The van der Waals surface area contributed by atoms with Crippen LogP contribution in [0.5, 0.6) is 0 Å². The van der Waals surface area contributed by atoms with Gasteiger partial charge in [-0.25, -0.2) is 14.6 Å². The number of aryl methyl sites for hydroxylation is 1. The van der Waals surface area contributed by atoms with Crippen molar-refractivity contribution in [3.8, 4) is 0 Å². The molecule has 0 radical (unpaired) electrons. The number of benzene rings is 2. The molecule has 1 aliphatic rings. The molecule has 0 atom stereocenters. The van der Waals surface area contributed by atoms with Crippen molar-refractivity contribution in [2.24, 2.45) is 0 Å². The summed E-state index contributed by atoms with van der Waals surface area (Å²) >= 11 is 0. The van der Waals surface area contributed by atoms with Crippen LogP contribution in [0.1, 0.15) is 18.7 Å². The lowest BCUT2D eigenvalue weighted by Gasteiger charge is -2.35. The molecule has 0 aliphatic carbocycles. The van der Waals surface area contributed by atoms with Gasteiger partial charge in [0.1, 0.15) is 5.82 Å². The van der Waals surface area contributed by atoms with Crippen molar-refractivity contribution in [1.82, 2.24) is 23.9 Å². The van der Waals surface area contributed by atoms with Gasteiger partial charge >= 0.3 is 0 Å². The van der Waals surface area contributed by atoms with Crippen LogP contribution in [-0.4, -0.2) is 56.7 Å². The molecule has 2 N–H and O–H groups in total. The van der Waals surface area contributed by atoms with Crippen LogP contribution in [0.25, 0.3) is 27.5 Å². The lowest BCUT2D eigenvalue weighted by molar-refractivity contribution is 0.252. The smallest absolute Gasteiger partial charge is 0.279 e. The minimum Gasteiger partial charge on any atom is -0.352 e. The third-order valence-corrected chi connectivity index (χ3v) is 7.02. The minimum atomic E-state index is -0.180. The summed E-state index contributed by atoms with van der Waals surface area (Å²) in [6, 6.07) is 19.9. The Bertz CT molecular complexity index is 1560. The number of rotatable bonds is 6. The summed E-state index contributed by atoms with van der Waals surface area (Å²) in [6.45, 7) is 4.97. The fourth-order valence-electron chi connectivity index (χ4n) is 5.11. The molecular weight excluding hydrogens is 438 g/mol. The van der Waals surface area contributed by atoms with Crippen molar-refractivity contribution < 1.29 is 0 Å². The predicted molar refractivity (Wildman–Crippen MR) is 140 cm³/mol. The molecule has 1 saturated heterocycles. The van der Waals surface area contributed by atoms with Gasteiger partial charge < -0.3 is 15.1 Å². The SMILES string of the molecule is Nn1c(CCCCN2CCN(c3nc4ccccc4n4cccc34)CC2)nc2ccccc2c1=O. The molecule has 8 heteroatoms. The van der Waals surface area contributed by atoms with E-state index in [1.54, 1.807) is 6.07 Å². The van der Waals surface area contributed by atoms with Gasteiger partial charge in [0.05, 0.1) is 27.5 Å². The first-order valence-corrected chi connectivity index (χ1v) is 12.3. The van der Waals surface area contributed by atoms with Gasteiger partial charge in [-0.2, -0.15) is 0 Å². The third kappa shape index (κ3) is 4.00. The van der Waals surface area contributed by atoms with Crippen molar-refractivity contribution in [3.05, 3.63) is 83.0 Å². The highest BCUT2D eigenvalue weighted by Crippen LogP contribution is 2.26. The zero-order chi connectivity index (χ0) is 23.8. The second kappa shape index (κ2) is 9.03. The van der Waals surface area contributed by atoms with Crippen LogP contribution in [0.4, 0.5) is 5.82 Å². The monoisotopic (exact) mass is 467 g/mol. The summed E-state index contributed by atoms with van der Waals surface area (Å²) in [5.74, 6) is 7.75. The van der Waals surface area contributed by atoms with Crippen LogP contribution in [0.15, 0.2) is 71.7 Å². The maximum atomic E-state index is 12.5. The summed E-state index contributed by atoms with van der Waals surface area (Å²) in [5.41, 5.74) is 3.85. The Kier molecular flexibility index (Phi) is 5.58. The van der Waals surface area contributed by atoms with Crippen LogP contribution in [0, 0.1) is 0 Å². The lowest BCUT2D eigenvalue weighted by Crippen LogP contribution is -2.47. The number of aromatic nitrogens is 4. The third-order valence-electron chi connectivity index (χ3n) is 7.02. The van der Waals surface area contributed by atoms with Crippen molar-refractivity contribution in [2.45, 2.75) is 19.3 Å². The maximum Gasteiger partial charge on any atom is 0.279 e. The van der Waals surface area contributed by atoms with E-state index in [2.05, 4.69) is 55.7 Å². The summed E-state index contributed by atoms with van der Waals surface area (Å²) in [5, 5.41) is 0.565.